The Hall–Kier alpha value is -3.94. The number of aromatic nitrogens is 2. The molecule has 2 heterocycles. The van der Waals surface area contributed by atoms with Gasteiger partial charge in [-0.15, -0.1) is 0 Å². The highest BCUT2D eigenvalue weighted by Crippen LogP contribution is 2.28. The number of anilines is 3. The molecule has 8 heteroatoms. The Bertz CT molecular complexity index is 1040. The maximum atomic E-state index is 12.6. The zero-order valence-electron chi connectivity index (χ0n) is 16.1. The van der Waals surface area contributed by atoms with Crippen molar-refractivity contribution in [3.05, 3.63) is 66.7 Å². The number of carbonyl (C=O) groups is 1. The number of guanidine groups is 1. The van der Waals surface area contributed by atoms with Crippen molar-refractivity contribution in [3.8, 4) is 11.6 Å². The lowest BCUT2D eigenvalue weighted by Crippen LogP contribution is -2.34. The minimum atomic E-state index is -0.217. The average molecular weight is 388 g/mol. The summed E-state index contributed by atoms with van der Waals surface area (Å²) in [6, 6.07) is 20.1. The van der Waals surface area contributed by atoms with Gasteiger partial charge in [0.05, 0.1) is 5.69 Å². The molecule has 0 aliphatic carbocycles. The van der Waals surface area contributed by atoms with E-state index in [1.807, 2.05) is 67.5 Å². The second kappa shape index (κ2) is 7.59. The Morgan fingerprint density at radius 3 is 2.31 bits per heavy atom. The molecule has 1 aromatic heterocycles. The van der Waals surface area contributed by atoms with Crippen molar-refractivity contribution < 1.29 is 9.53 Å². The zero-order valence-corrected chi connectivity index (χ0v) is 16.1. The van der Waals surface area contributed by atoms with E-state index in [2.05, 4.69) is 9.97 Å². The first-order valence-electron chi connectivity index (χ1n) is 9.06. The predicted octanol–water partition coefficient (Wildman–Crippen LogP) is 3.12. The number of carbonyl (C=O) groups excluding carboxylic acids is 1. The van der Waals surface area contributed by atoms with Crippen LogP contribution in [0.15, 0.2) is 66.7 Å². The molecule has 1 aliphatic rings. The van der Waals surface area contributed by atoms with Crippen LogP contribution in [0.2, 0.25) is 0 Å². The van der Waals surface area contributed by atoms with Crippen molar-refractivity contribution in [2.24, 2.45) is 0 Å². The number of nitrogens with zero attached hydrogens (tertiary/aromatic N) is 5. The second-order valence-electron chi connectivity index (χ2n) is 6.65. The number of amides is 1. The summed E-state index contributed by atoms with van der Waals surface area (Å²) in [6.45, 7) is -0.0185. The van der Waals surface area contributed by atoms with Gasteiger partial charge in [0.1, 0.15) is 18.1 Å². The highest BCUT2D eigenvalue weighted by Gasteiger charge is 2.36. The lowest BCUT2D eigenvalue weighted by Gasteiger charge is -2.21. The van der Waals surface area contributed by atoms with Crippen molar-refractivity contribution in [3.63, 3.8) is 0 Å². The number of ether oxygens (including phenoxy) is 1. The van der Waals surface area contributed by atoms with E-state index in [0.29, 0.717) is 23.1 Å². The fourth-order valence-electron chi connectivity index (χ4n) is 2.94. The molecule has 0 radical (unpaired) electrons. The monoisotopic (exact) mass is 388 g/mol. The first-order valence-corrected chi connectivity index (χ1v) is 9.06. The van der Waals surface area contributed by atoms with Crippen LogP contribution in [0.4, 0.5) is 17.5 Å². The third-order valence-corrected chi connectivity index (χ3v) is 4.37. The number of benzene rings is 2. The molecule has 8 nitrogen and oxygen atoms in total. The third-order valence-electron chi connectivity index (χ3n) is 4.37. The van der Waals surface area contributed by atoms with Crippen LogP contribution in [0.5, 0.6) is 11.6 Å². The van der Waals surface area contributed by atoms with Gasteiger partial charge < -0.3 is 9.64 Å². The maximum absolute atomic E-state index is 12.6. The molecule has 146 valence electrons. The summed E-state index contributed by atoms with van der Waals surface area (Å²) in [7, 11) is 3.71. The summed E-state index contributed by atoms with van der Waals surface area (Å²) in [6.07, 6.45) is 0. The molecule has 1 aliphatic heterocycles. The molecule has 1 N–H and O–H groups in total. The van der Waals surface area contributed by atoms with Crippen molar-refractivity contribution >= 4 is 29.3 Å². The molecule has 0 bridgehead atoms. The Morgan fingerprint density at radius 2 is 1.66 bits per heavy atom. The van der Waals surface area contributed by atoms with Gasteiger partial charge in [0.25, 0.3) is 5.91 Å². The second-order valence-corrected chi connectivity index (χ2v) is 6.65. The van der Waals surface area contributed by atoms with E-state index < -0.39 is 0 Å². The first kappa shape index (κ1) is 18.4. The summed E-state index contributed by atoms with van der Waals surface area (Å²) in [5, 5.41) is 8.53. The molecule has 1 saturated heterocycles. The predicted molar refractivity (Wildman–Crippen MR) is 112 cm³/mol. The summed E-state index contributed by atoms with van der Waals surface area (Å²) in [5.74, 6) is 1.61. The average Bonchev–Trinajstić information content (AvgIpc) is 3.03. The van der Waals surface area contributed by atoms with E-state index in [-0.39, 0.29) is 24.4 Å². The van der Waals surface area contributed by atoms with E-state index in [9.17, 15) is 4.79 Å². The molecule has 1 fully saturated rings. The molecule has 4 rings (SSSR count). The standard InChI is InChI=1S/C21H20N6O2/c1-25(2)17-13-18(29-16-11-7-4-8-12-16)24-21(23-17)26-14-19(28)27(20(26)22)15-9-5-3-6-10-15/h3-13,22H,14H2,1-2H3. The van der Waals surface area contributed by atoms with Crippen LogP contribution in [0.3, 0.4) is 0 Å². The number of hydrogen-bond donors (Lipinski definition) is 1. The molecular formula is C21H20N6O2. The van der Waals surface area contributed by atoms with Crippen LogP contribution >= 0.6 is 0 Å². The Balaban J connectivity index is 1.69. The molecule has 0 atom stereocenters. The van der Waals surface area contributed by atoms with Gasteiger partial charge in [-0.2, -0.15) is 9.97 Å². The summed E-state index contributed by atoms with van der Waals surface area (Å²) in [4.78, 5) is 26.2. The normalized spacial score (nSPS) is 13.7. The van der Waals surface area contributed by atoms with Gasteiger partial charge in [0.2, 0.25) is 17.8 Å². The molecule has 0 spiro atoms. The van der Waals surface area contributed by atoms with E-state index in [1.165, 1.54) is 9.80 Å². The maximum Gasteiger partial charge on any atom is 0.254 e. The van der Waals surface area contributed by atoms with Gasteiger partial charge in [-0.3, -0.25) is 15.1 Å². The summed E-state index contributed by atoms with van der Waals surface area (Å²) >= 11 is 0. The van der Waals surface area contributed by atoms with Gasteiger partial charge in [-0.25, -0.2) is 4.90 Å². The fourth-order valence-corrected chi connectivity index (χ4v) is 2.94. The van der Waals surface area contributed by atoms with Gasteiger partial charge in [0, 0.05) is 20.2 Å². The molecule has 0 saturated carbocycles. The SMILES string of the molecule is CN(C)c1cc(Oc2ccccc2)nc(N2CC(=O)N(c3ccccc3)C2=N)n1. The smallest absolute Gasteiger partial charge is 0.254 e. The van der Waals surface area contributed by atoms with E-state index in [1.54, 1.807) is 18.2 Å². The minimum Gasteiger partial charge on any atom is -0.439 e. The largest absolute Gasteiger partial charge is 0.439 e. The van der Waals surface area contributed by atoms with Crippen molar-refractivity contribution in [2.45, 2.75) is 0 Å². The van der Waals surface area contributed by atoms with Crippen LogP contribution in [0.25, 0.3) is 0 Å². The lowest BCUT2D eigenvalue weighted by molar-refractivity contribution is -0.115. The van der Waals surface area contributed by atoms with Crippen LogP contribution in [-0.4, -0.2) is 42.5 Å². The van der Waals surface area contributed by atoms with Crippen molar-refractivity contribution in [1.29, 1.82) is 5.41 Å². The van der Waals surface area contributed by atoms with Crippen molar-refractivity contribution in [1.82, 2.24) is 9.97 Å². The molecular weight excluding hydrogens is 368 g/mol. The topological polar surface area (TPSA) is 85.7 Å². The van der Waals surface area contributed by atoms with Crippen LogP contribution < -0.4 is 19.4 Å². The van der Waals surface area contributed by atoms with Crippen LogP contribution in [-0.2, 0) is 4.79 Å². The highest BCUT2D eigenvalue weighted by atomic mass is 16.5. The molecule has 29 heavy (non-hydrogen) atoms. The Kier molecular flexibility index (Phi) is 4.82. The van der Waals surface area contributed by atoms with Gasteiger partial charge >= 0.3 is 0 Å². The van der Waals surface area contributed by atoms with Crippen LogP contribution in [0, 0.1) is 5.41 Å². The van der Waals surface area contributed by atoms with Gasteiger partial charge in [0.15, 0.2) is 0 Å². The molecule has 2 aromatic carbocycles. The number of nitrogens with one attached hydrogen (secondary N) is 1. The van der Waals surface area contributed by atoms with Gasteiger partial charge in [-0.05, 0) is 24.3 Å². The number of rotatable bonds is 5. The quantitative estimate of drug-likeness (QED) is 0.723. The Labute approximate surface area is 168 Å². The third kappa shape index (κ3) is 3.73. The Morgan fingerprint density at radius 1 is 1.00 bits per heavy atom. The molecule has 1 amide bonds. The lowest BCUT2D eigenvalue weighted by atomic mass is 10.3. The van der Waals surface area contributed by atoms with E-state index in [4.69, 9.17) is 10.1 Å². The van der Waals surface area contributed by atoms with E-state index >= 15 is 0 Å². The number of hydrogen-bond acceptors (Lipinski definition) is 6. The van der Waals surface area contributed by atoms with E-state index in [0.717, 1.165) is 0 Å². The summed E-state index contributed by atoms with van der Waals surface area (Å²) < 4.78 is 5.87. The molecule has 0 unspecified atom stereocenters. The van der Waals surface area contributed by atoms with Gasteiger partial charge in [-0.1, -0.05) is 36.4 Å². The summed E-state index contributed by atoms with van der Waals surface area (Å²) in [5.41, 5.74) is 0.634. The van der Waals surface area contributed by atoms with Crippen molar-refractivity contribution in [2.75, 3.05) is 35.3 Å². The van der Waals surface area contributed by atoms with Crippen LogP contribution in [0.1, 0.15) is 0 Å². The number of para-hydroxylation sites is 2. The zero-order chi connectivity index (χ0) is 20.4. The fraction of sp³-hybridized carbons (Fsp3) is 0.143. The first-order chi connectivity index (χ1) is 14.0. The minimum absolute atomic E-state index is 0.00256. The molecule has 3 aromatic rings. The highest BCUT2D eigenvalue weighted by molar-refractivity contribution is 6.27.